The van der Waals surface area contributed by atoms with Gasteiger partial charge >= 0.3 is 0 Å². The standard InChI is InChI=1S/C9H7Br2FO2/c10-1-2-14-9-7(11)3-6(5-13)4-8(9)12/h3-5H,1-2H2. The molecule has 1 rings (SSSR count). The summed E-state index contributed by atoms with van der Waals surface area (Å²) in [7, 11) is 0. The molecular formula is C9H7Br2FO2. The summed E-state index contributed by atoms with van der Waals surface area (Å²) >= 11 is 6.29. The van der Waals surface area contributed by atoms with Crippen molar-refractivity contribution in [1.29, 1.82) is 0 Å². The minimum Gasteiger partial charge on any atom is -0.488 e. The number of aldehydes is 1. The second kappa shape index (κ2) is 5.46. The number of benzene rings is 1. The molecule has 5 heteroatoms. The first-order valence-electron chi connectivity index (χ1n) is 3.82. The molecule has 0 aliphatic carbocycles. The number of carbonyl (C=O) groups is 1. The van der Waals surface area contributed by atoms with Gasteiger partial charge in [0.1, 0.15) is 6.29 Å². The van der Waals surface area contributed by atoms with Crippen molar-refractivity contribution in [3.05, 3.63) is 28.0 Å². The van der Waals surface area contributed by atoms with Crippen LogP contribution in [0, 0.1) is 5.82 Å². The monoisotopic (exact) mass is 324 g/mol. The zero-order valence-electron chi connectivity index (χ0n) is 7.10. The molecule has 0 fully saturated rings. The van der Waals surface area contributed by atoms with Gasteiger partial charge in [0.05, 0.1) is 11.1 Å². The summed E-state index contributed by atoms with van der Waals surface area (Å²) in [5.74, 6) is -0.405. The van der Waals surface area contributed by atoms with Gasteiger partial charge in [0.15, 0.2) is 11.6 Å². The highest BCUT2D eigenvalue weighted by atomic mass is 79.9. The second-order valence-corrected chi connectivity index (χ2v) is 4.12. The Labute approximate surface area is 97.7 Å². The molecule has 0 bridgehead atoms. The predicted molar refractivity (Wildman–Crippen MR) is 58.8 cm³/mol. The Morgan fingerprint density at radius 3 is 2.71 bits per heavy atom. The Morgan fingerprint density at radius 1 is 1.50 bits per heavy atom. The van der Waals surface area contributed by atoms with E-state index in [1.165, 1.54) is 6.07 Å². The molecule has 0 heterocycles. The van der Waals surface area contributed by atoms with Gasteiger partial charge in [-0.3, -0.25) is 4.79 Å². The van der Waals surface area contributed by atoms with Crippen LogP contribution in [0.5, 0.6) is 5.75 Å². The van der Waals surface area contributed by atoms with Crippen LogP contribution in [-0.4, -0.2) is 18.2 Å². The van der Waals surface area contributed by atoms with Crippen LogP contribution in [-0.2, 0) is 0 Å². The maximum Gasteiger partial charge on any atom is 0.169 e. The third kappa shape index (κ3) is 2.78. The van der Waals surface area contributed by atoms with Crippen molar-refractivity contribution in [2.24, 2.45) is 0 Å². The Bertz CT molecular complexity index is 319. The molecule has 0 N–H and O–H groups in total. The van der Waals surface area contributed by atoms with Crippen molar-refractivity contribution < 1.29 is 13.9 Å². The van der Waals surface area contributed by atoms with Gasteiger partial charge in [-0.25, -0.2) is 4.39 Å². The molecule has 1 aromatic carbocycles. The first-order chi connectivity index (χ1) is 6.69. The molecule has 0 saturated carbocycles. The van der Waals surface area contributed by atoms with Crippen LogP contribution in [0.3, 0.4) is 0 Å². The summed E-state index contributed by atoms with van der Waals surface area (Å²) < 4.78 is 18.9. The van der Waals surface area contributed by atoms with Crippen molar-refractivity contribution in [3.63, 3.8) is 0 Å². The predicted octanol–water partition coefficient (Wildman–Crippen LogP) is 3.17. The first kappa shape index (κ1) is 11.7. The number of hydrogen-bond donors (Lipinski definition) is 0. The topological polar surface area (TPSA) is 26.3 Å². The lowest BCUT2D eigenvalue weighted by atomic mass is 10.2. The third-order valence-electron chi connectivity index (χ3n) is 1.48. The van der Waals surface area contributed by atoms with E-state index in [0.29, 0.717) is 22.7 Å². The fourth-order valence-electron chi connectivity index (χ4n) is 0.926. The van der Waals surface area contributed by atoms with E-state index in [-0.39, 0.29) is 11.3 Å². The zero-order chi connectivity index (χ0) is 10.6. The van der Waals surface area contributed by atoms with Gasteiger partial charge in [-0.1, -0.05) is 15.9 Å². The lowest BCUT2D eigenvalue weighted by Crippen LogP contribution is -2.01. The number of rotatable bonds is 4. The average Bonchev–Trinajstić information content (AvgIpc) is 2.16. The van der Waals surface area contributed by atoms with Gasteiger partial charge in [0.2, 0.25) is 0 Å². The van der Waals surface area contributed by atoms with Crippen molar-refractivity contribution in [3.8, 4) is 5.75 Å². The molecule has 14 heavy (non-hydrogen) atoms. The normalized spacial score (nSPS) is 9.93. The minimum atomic E-state index is -0.539. The van der Waals surface area contributed by atoms with Crippen molar-refractivity contribution in [2.45, 2.75) is 0 Å². The largest absolute Gasteiger partial charge is 0.488 e. The van der Waals surface area contributed by atoms with Crippen LogP contribution in [0.2, 0.25) is 0 Å². The molecule has 0 aromatic heterocycles. The van der Waals surface area contributed by atoms with E-state index in [1.807, 2.05) is 0 Å². The molecule has 0 atom stereocenters. The van der Waals surface area contributed by atoms with E-state index in [4.69, 9.17) is 4.74 Å². The lowest BCUT2D eigenvalue weighted by molar-refractivity contribution is 0.112. The first-order valence-corrected chi connectivity index (χ1v) is 5.73. The molecule has 1 aromatic rings. The van der Waals surface area contributed by atoms with Gasteiger partial charge in [0.25, 0.3) is 0 Å². The van der Waals surface area contributed by atoms with Gasteiger partial charge in [-0.15, -0.1) is 0 Å². The van der Waals surface area contributed by atoms with E-state index in [2.05, 4.69) is 31.9 Å². The summed E-state index contributed by atoms with van der Waals surface area (Å²) in [6.45, 7) is 0.371. The number of carbonyl (C=O) groups excluding carboxylic acids is 1. The van der Waals surface area contributed by atoms with Gasteiger partial charge in [-0.2, -0.15) is 0 Å². The summed E-state index contributed by atoms with van der Waals surface area (Å²) in [5, 5.41) is 0.619. The number of alkyl halides is 1. The average molecular weight is 326 g/mol. The molecule has 0 unspecified atom stereocenters. The van der Waals surface area contributed by atoms with Crippen molar-refractivity contribution in [2.75, 3.05) is 11.9 Å². The highest BCUT2D eigenvalue weighted by Crippen LogP contribution is 2.29. The minimum absolute atomic E-state index is 0.134. The van der Waals surface area contributed by atoms with E-state index in [0.717, 1.165) is 6.07 Å². The molecule has 76 valence electrons. The smallest absolute Gasteiger partial charge is 0.169 e. The molecule has 0 aliphatic heterocycles. The van der Waals surface area contributed by atoms with Crippen LogP contribution in [0.25, 0.3) is 0 Å². The fraction of sp³-hybridized carbons (Fsp3) is 0.222. The van der Waals surface area contributed by atoms with E-state index < -0.39 is 5.82 Å². The van der Waals surface area contributed by atoms with Crippen LogP contribution in [0.1, 0.15) is 10.4 Å². The zero-order valence-corrected chi connectivity index (χ0v) is 10.3. The number of ether oxygens (including phenoxy) is 1. The van der Waals surface area contributed by atoms with Crippen LogP contribution < -0.4 is 4.74 Å². The molecule has 0 radical (unpaired) electrons. The summed E-state index contributed by atoms with van der Waals surface area (Å²) in [4.78, 5) is 10.4. The van der Waals surface area contributed by atoms with E-state index in [1.54, 1.807) is 0 Å². The molecule has 0 saturated heterocycles. The highest BCUT2D eigenvalue weighted by molar-refractivity contribution is 9.10. The van der Waals surface area contributed by atoms with E-state index >= 15 is 0 Å². The molecule has 0 amide bonds. The Balaban J connectivity index is 2.99. The summed E-state index contributed by atoms with van der Waals surface area (Å²) in [6, 6.07) is 2.65. The summed E-state index contributed by atoms with van der Waals surface area (Å²) in [5.41, 5.74) is 0.278. The van der Waals surface area contributed by atoms with Crippen LogP contribution in [0.15, 0.2) is 16.6 Å². The lowest BCUT2D eigenvalue weighted by Gasteiger charge is -2.07. The van der Waals surface area contributed by atoms with Crippen molar-refractivity contribution >= 4 is 38.1 Å². The Hall–Kier alpha value is -0.420. The van der Waals surface area contributed by atoms with Crippen molar-refractivity contribution in [1.82, 2.24) is 0 Å². The molecule has 0 spiro atoms. The van der Waals surface area contributed by atoms with Crippen LogP contribution >= 0.6 is 31.9 Å². The number of hydrogen-bond acceptors (Lipinski definition) is 2. The third-order valence-corrected chi connectivity index (χ3v) is 2.39. The quantitative estimate of drug-likeness (QED) is 0.628. The summed E-state index contributed by atoms with van der Waals surface area (Å²) in [6.07, 6.45) is 0.585. The Kier molecular flexibility index (Phi) is 4.54. The molecule has 2 nitrogen and oxygen atoms in total. The van der Waals surface area contributed by atoms with Crippen LogP contribution in [0.4, 0.5) is 4.39 Å². The van der Waals surface area contributed by atoms with Gasteiger partial charge < -0.3 is 4.74 Å². The van der Waals surface area contributed by atoms with Gasteiger partial charge in [0, 0.05) is 10.9 Å². The second-order valence-electron chi connectivity index (χ2n) is 2.47. The molecule has 0 aliphatic rings. The van der Waals surface area contributed by atoms with E-state index in [9.17, 15) is 9.18 Å². The maximum absolute atomic E-state index is 13.3. The van der Waals surface area contributed by atoms with Gasteiger partial charge in [-0.05, 0) is 28.1 Å². The SMILES string of the molecule is O=Cc1cc(F)c(OCCBr)c(Br)c1. The fourth-order valence-corrected chi connectivity index (χ4v) is 1.66. The number of halogens is 3. The molecular weight excluding hydrogens is 319 g/mol. The Morgan fingerprint density at radius 2 is 2.21 bits per heavy atom. The maximum atomic E-state index is 13.3. The highest BCUT2D eigenvalue weighted by Gasteiger charge is 2.09.